The number of ether oxygens (including phenoxy) is 1. The zero-order valence-corrected chi connectivity index (χ0v) is 15.9. The number of carbonyl (C=O) groups is 1. The third-order valence-corrected chi connectivity index (χ3v) is 5.42. The van der Waals surface area contributed by atoms with E-state index in [-0.39, 0.29) is 24.0 Å². The molecule has 2 amide bonds. The highest BCUT2D eigenvalue weighted by Gasteiger charge is 2.27. The van der Waals surface area contributed by atoms with Crippen molar-refractivity contribution in [1.29, 1.82) is 0 Å². The van der Waals surface area contributed by atoms with Crippen LogP contribution in [0.1, 0.15) is 35.9 Å². The molecule has 0 spiro atoms. The molecule has 0 saturated carbocycles. The van der Waals surface area contributed by atoms with E-state index in [0.29, 0.717) is 13.2 Å². The molecule has 28 heavy (non-hydrogen) atoms. The molecule has 1 aromatic heterocycles. The molecule has 2 aliphatic rings. The van der Waals surface area contributed by atoms with Crippen molar-refractivity contribution < 1.29 is 13.9 Å². The highest BCUT2D eigenvalue weighted by Crippen LogP contribution is 2.28. The molecular formula is C19H25FN6O2. The van der Waals surface area contributed by atoms with Crippen molar-refractivity contribution in [2.75, 3.05) is 20.1 Å². The Morgan fingerprint density at radius 3 is 2.93 bits per heavy atom. The number of nitrogens with zero attached hydrogens (tertiary/aromatic N) is 4. The van der Waals surface area contributed by atoms with Crippen molar-refractivity contribution in [3.8, 4) is 0 Å². The van der Waals surface area contributed by atoms with Gasteiger partial charge in [-0.05, 0) is 30.5 Å². The predicted molar refractivity (Wildman–Crippen MR) is 99.8 cm³/mol. The lowest BCUT2D eigenvalue weighted by atomic mass is 10.0. The maximum atomic E-state index is 13.5. The number of carbonyl (C=O) groups excluding carboxylic acids is 1. The van der Waals surface area contributed by atoms with Crippen LogP contribution in [0.3, 0.4) is 0 Å². The van der Waals surface area contributed by atoms with Gasteiger partial charge in [0.2, 0.25) is 0 Å². The fraction of sp³-hybridized carbons (Fsp3) is 0.526. The normalized spacial score (nSPS) is 20.6. The molecule has 8 nitrogen and oxygen atoms in total. The molecule has 2 aliphatic heterocycles. The molecule has 0 bridgehead atoms. The van der Waals surface area contributed by atoms with Crippen molar-refractivity contribution in [2.24, 2.45) is 0 Å². The number of hydrogen-bond donors (Lipinski definition) is 2. The largest absolute Gasteiger partial charge is 0.365 e. The van der Waals surface area contributed by atoms with E-state index in [1.165, 1.54) is 12.1 Å². The van der Waals surface area contributed by atoms with Gasteiger partial charge in [0, 0.05) is 32.7 Å². The second-order valence-corrected chi connectivity index (χ2v) is 7.29. The van der Waals surface area contributed by atoms with E-state index in [1.54, 1.807) is 13.1 Å². The molecule has 2 aromatic rings. The fourth-order valence-electron chi connectivity index (χ4n) is 3.80. The number of aromatic nitrogens is 3. The first-order chi connectivity index (χ1) is 13.6. The summed E-state index contributed by atoms with van der Waals surface area (Å²) in [7, 11) is 1.63. The molecule has 1 aromatic carbocycles. The Kier molecular flexibility index (Phi) is 5.54. The minimum absolute atomic E-state index is 0.129. The van der Waals surface area contributed by atoms with Crippen molar-refractivity contribution in [1.82, 2.24) is 30.5 Å². The molecule has 1 unspecified atom stereocenters. The average molecular weight is 388 g/mol. The number of rotatable bonds is 4. The summed E-state index contributed by atoms with van der Waals surface area (Å²) in [5, 5.41) is 14.2. The fourth-order valence-corrected chi connectivity index (χ4v) is 3.80. The molecule has 4 rings (SSSR count). The third-order valence-electron chi connectivity index (χ3n) is 5.42. The first kappa shape index (κ1) is 18.8. The molecular weight excluding hydrogens is 363 g/mol. The Morgan fingerprint density at radius 2 is 2.18 bits per heavy atom. The van der Waals surface area contributed by atoms with Gasteiger partial charge in [-0.25, -0.2) is 13.9 Å². The van der Waals surface area contributed by atoms with Crippen LogP contribution in [-0.2, 0) is 24.4 Å². The lowest BCUT2D eigenvalue weighted by molar-refractivity contribution is -0.00232. The van der Waals surface area contributed by atoms with Gasteiger partial charge >= 0.3 is 6.03 Å². The third kappa shape index (κ3) is 4.15. The zero-order chi connectivity index (χ0) is 19.5. The maximum Gasteiger partial charge on any atom is 0.314 e. The number of likely N-dealkylation sites (tertiary alicyclic amines) is 1. The number of hydrogen-bond acceptors (Lipinski definition) is 5. The predicted octanol–water partition coefficient (Wildman–Crippen LogP) is 1.58. The van der Waals surface area contributed by atoms with Crippen molar-refractivity contribution in [2.45, 2.75) is 44.7 Å². The van der Waals surface area contributed by atoms with E-state index in [2.05, 4.69) is 25.8 Å². The lowest BCUT2D eigenvalue weighted by Gasteiger charge is -2.32. The van der Waals surface area contributed by atoms with Crippen LogP contribution in [0.5, 0.6) is 0 Å². The molecule has 1 fully saturated rings. The number of halogens is 1. The van der Waals surface area contributed by atoms with E-state index in [9.17, 15) is 9.18 Å². The second-order valence-electron chi connectivity index (χ2n) is 7.29. The summed E-state index contributed by atoms with van der Waals surface area (Å²) < 4.78 is 21.3. The smallest absolute Gasteiger partial charge is 0.314 e. The van der Waals surface area contributed by atoms with Gasteiger partial charge in [-0.3, -0.25) is 4.90 Å². The highest BCUT2D eigenvalue weighted by molar-refractivity contribution is 5.73. The van der Waals surface area contributed by atoms with Crippen LogP contribution in [0.25, 0.3) is 0 Å². The van der Waals surface area contributed by atoms with Gasteiger partial charge in [0.1, 0.15) is 17.6 Å². The molecule has 150 valence electrons. The van der Waals surface area contributed by atoms with E-state index in [0.717, 1.165) is 49.4 Å². The maximum absolute atomic E-state index is 13.5. The Labute approximate surface area is 163 Å². The zero-order valence-electron chi connectivity index (χ0n) is 15.9. The van der Waals surface area contributed by atoms with Crippen LogP contribution >= 0.6 is 0 Å². The summed E-state index contributed by atoms with van der Waals surface area (Å²) in [4.78, 5) is 13.8. The van der Waals surface area contributed by atoms with Crippen LogP contribution in [0.15, 0.2) is 24.3 Å². The number of amides is 2. The van der Waals surface area contributed by atoms with Crippen molar-refractivity contribution >= 4 is 6.03 Å². The van der Waals surface area contributed by atoms with Gasteiger partial charge in [-0.1, -0.05) is 17.3 Å². The summed E-state index contributed by atoms with van der Waals surface area (Å²) in [6.07, 6.45) is 1.61. The Morgan fingerprint density at radius 1 is 1.36 bits per heavy atom. The van der Waals surface area contributed by atoms with Gasteiger partial charge in [0.25, 0.3) is 0 Å². The molecule has 1 saturated heterocycles. The van der Waals surface area contributed by atoms with Gasteiger partial charge < -0.3 is 15.4 Å². The minimum Gasteiger partial charge on any atom is -0.365 e. The van der Waals surface area contributed by atoms with Gasteiger partial charge in [0.05, 0.1) is 18.8 Å². The number of urea groups is 1. The lowest BCUT2D eigenvalue weighted by Crippen LogP contribution is -2.47. The van der Waals surface area contributed by atoms with Crippen LogP contribution in [0.2, 0.25) is 0 Å². The summed E-state index contributed by atoms with van der Waals surface area (Å²) >= 11 is 0. The quantitative estimate of drug-likeness (QED) is 0.831. The standard InChI is InChI=1S/C19H25FN6O2/c1-21-19(27)22-15-5-7-25(8-6-15)10-16-17-12-28-18(11-26(17)24-23-16)13-3-2-4-14(20)9-13/h2-4,9,15,18H,5-8,10-12H2,1H3,(H2,21,22,27). The Hall–Kier alpha value is -2.52. The van der Waals surface area contributed by atoms with E-state index in [4.69, 9.17) is 4.74 Å². The van der Waals surface area contributed by atoms with Gasteiger partial charge in [-0.2, -0.15) is 0 Å². The SMILES string of the molecule is CNC(=O)NC1CCN(Cc2nnn3c2COC(c2cccc(F)c2)C3)CC1. The molecule has 9 heteroatoms. The monoisotopic (exact) mass is 388 g/mol. The van der Waals surface area contributed by atoms with Crippen LogP contribution in [0, 0.1) is 5.82 Å². The summed E-state index contributed by atoms with van der Waals surface area (Å²) in [6.45, 7) is 3.46. The highest BCUT2D eigenvalue weighted by atomic mass is 19.1. The van der Waals surface area contributed by atoms with E-state index >= 15 is 0 Å². The summed E-state index contributed by atoms with van der Waals surface area (Å²) in [5.74, 6) is -0.263. The minimum atomic E-state index is -0.263. The van der Waals surface area contributed by atoms with Gasteiger partial charge in [0.15, 0.2) is 0 Å². The Balaban J connectivity index is 1.34. The average Bonchev–Trinajstić information content (AvgIpc) is 3.11. The molecule has 0 radical (unpaired) electrons. The summed E-state index contributed by atoms with van der Waals surface area (Å²) in [5.41, 5.74) is 2.72. The molecule has 0 aliphatic carbocycles. The van der Waals surface area contributed by atoms with E-state index < -0.39 is 0 Å². The van der Waals surface area contributed by atoms with Crippen molar-refractivity contribution in [3.63, 3.8) is 0 Å². The first-order valence-electron chi connectivity index (χ1n) is 9.61. The Bertz CT molecular complexity index is 834. The van der Waals surface area contributed by atoms with Crippen LogP contribution < -0.4 is 10.6 Å². The molecule has 2 N–H and O–H groups in total. The van der Waals surface area contributed by atoms with E-state index in [1.807, 2.05) is 10.7 Å². The van der Waals surface area contributed by atoms with Crippen LogP contribution in [-0.4, -0.2) is 52.1 Å². The molecule has 3 heterocycles. The number of piperidine rings is 1. The van der Waals surface area contributed by atoms with Crippen LogP contribution in [0.4, 0.5) is 9.18 Å². The number of fused-ring (bicyclic) bond motifs is 1. The first-order valence-corrected chi connectivity index (χ1v) is 9.61. The van der Waals surface area contributed by atoms with Gasteiger partial charge in [-0.15, -0.1) is 5.10 Å². The van der Waals surface area contributed by atoms with Crippen molar-refractivity contribution in [3.05, 3.63) is 47.0 Å². The molecule has 1 atom stereocenters. The number of nitrogens with one attached hydrogen (secondary N) is 2. The second kappa shape index (κ2) is 8.24. The number of benzene rings is 1. The topological polar surface area (TPSA) is 84.3 Å². The summed E-state index contributed by atoms with van der Waals surface area (Å²) in [6, 6.07) is 6.58.